The van der Waals surface area contributed by atoms with E-state index in [1.165, 1.54) is 10.5 Å². The third-order valence-electron chi connectivity index (χ3n) is 2.94. The lowest BCUT2D eigenvalue weighted by Gasteiger charge is -2.10. The number of rotatable bonds is 3. The van der Waals surface area contributed by atoms with Crippen LogP contribution in [0.3, 0.4) is 0 Å². The van der Waals surface area contributed by atoms with Gasteiger partial charge in [-0.15, -0.1) is 11.8 Å². The summed E-state index contributed by atoms with van der Waals surface area (Å²) in [5, 5.41) is 0. The fourth-order valence-electron chi connectivity index (χ4n) is 1.87. The lowest BCUT2D eigenvalue weighted by atomic mass is 10.0. The van der Waals surface area contributed by atoms with Crippen molar-refractivity contribution in [3.8, 4) is 11.1 Å². The van der Waals surface area contributed by atoms with Crippen molar-refractivity contribution in [2.45, 2.75) is 4.90 Å². The molecule has 0 aromatic heterocycles. The van der Waals surface area contributed by atoms with Crippen molar-refractivity contribution >= 4 is 17.7 Å². The molecular formula is C16H17NOS. The average Bonchev–Trinajstić information content (AvgIpc) is 2.46. The van der Waals surface area contributed by atoms with Gasteiger partial charge in [0.05, 0.1) is 0 Å². The highest BCUT2D eigenvalue weighted by Gasteiger charge is 2.07. The summed E-state index contributed by atoms with van der Waals surface area (Å²) in [5.41, 5.74) is 3.02. The van der Waals surface area contributed by atoms with Gasteiger partial charge in [-0.05, 0) is 41.6 Å². The molecule has 2 aromatic rings. The van der Waals surface area contributed by atoms with E-state index in [-0.39, 0.29) is 5.91 Å². The van der Waals surface area contributed by atoms with Gasteiger partial charge in [-0.25, -0.2) is 0 Å². The van der Waals surface area contributed by atoms with Crippen LogP contribution in [0.5, 0.6) is 0 Å². The molecule has 0 atom stereocenters. The Bertz CT molecular complexity index is 576. The van der Waals surface area contributed by atoms with E-state index in [0.29, 0.717) is 0 Å². The smallest absolute Gasteiger partial charge is 0.253 e. The Hall–Kier alpha value is -1.74. The first-order valence-corrected chi connectivity index (χ1v) is 7.30. The molecule has 2 nitrogen and oxygen atoms in total. The summed E-state index contributed by atoms with van der Waals surface area (Å²) in [6.07, 6.45) is 2.07. The van der Waals surface area contributed by atoms with E-state index in [4.69, 9.17) is 0 Å². The average molecular weight is 271 g/mol. The first kappa shape index (κ1) is 13.7. The van der Waals surface area contributed by atoms with Crippen LogP contribution in [0.25, 0.3) is 11.1 Å². The van der Waals surface area contributed by atoms with Crippen molar-refractivity contribution in [2.75, 3.05) is 20.4 Å². The van der Waals surface area contributed by atoms with Crippen molar-refractivity contribution in [3.63, 3.8) is 0 Å². The second-order valence-corrected chi connectivity index (χ2v) is 5.39. The zero-order valence-corrected chi connectivity index (χ0v) is 12.2. The van der Waals surface area contributed by atoms with Crippen molar-refractivity contribution in [3.05, 3.63) is 54.1 Å². The Morgan fingerprint density at radius 1 is 1.00 bits per heavy atom. The number of hydrogen-bond donors (Lipinski definition) is 0. The number of benzene rings is 2. The molecule has 0 radical (unpaired) electrons. The quantitative estimate of drug-likeness (QED) is 0.792. The van der Waals surface area contributed by atoms with Crippen LogP contribution >= 0.6 is 11.8 Å². The first-order valence-electron chi connectivity index (χ1n) is 6.08. The lowest BCUT2D eigenvalue weighted by Crippen LogP contribution is -2.21. The third-order valence-corrected chi connectivity index (χ3v) is 3.67. The fraction of sp³-hybridized carbons (Fsp3) is 0.188. The molecule has 0 spiro atoms. The molecule has 0 bridgehead atoms. The second-order valence-electron chi connectivity index (χ2n) is 4.51. The van der Waals surface area contributed by atoms with Gasteiger partial charge >= 0.3 is 0 Å². The molecule has 0 aliphatic heterocycles. The highest BCUT2D eigenvalue weighted by molar-refractivity contribution is 7.98. The van der Waals surface area contributed by atoms with Crippen LogP contribution < -0.4 is 0 Å². The van der Waals surface area contributed by atoms with Gasteiger partial charge in [0.25, 0.3) is 5.91 Å². The van der Waals surface area contributed by atoms with Crippen LogP contribution in [-0.4, -0.2) is 31.2 Å². The van der Waals surface area contributed by atoms with Gasteiger partial charge in [0, 0.05) is 24.6 Å². The van der Waals surface area contributed by atoms with Gasteiger partial charge in [0.2, 0.25) is 0 Å². The van der Waals surface area contributed by atoms with Gasteiger partial charge in [-0.1, -0.05) is 24.3 Å². The second kappa shape index (κ2) is 5.93. The zero-order chi connectivity index (χ0) is 13.8. The SMILES string of the molecule is CSc1cccc(-c2ccc(C(=O)N(C)C)cc2)c1. The maximum absolute atomic E-state index is 11.8. The molecule has 0 fully saturated rings. The summed E-state index contributed by atoms with van der Waals surface area (Å²) in [6, 6.07) is 16.1. The standard InChI is InChI=1S/C16H17NOS/c1-17(2)16(18)13-9-7-12(8-10-13)14-5-4-6-15(11-14)19-3/h4-11H,1-3H3. The van der Waals surface area contributed by atoms with E-state index in [0.717, 1.165) is 11.1 Å². The van der Waals surface area contributed by atoms with Crippen molar-refractivity contribution in [2.24, 2.45) is 0 Å². The summed E-state index contributed by atoms with van der Waals surface area (Å²) in [5.74, 6) is 0.0319. The van der Waals surface area contributed by atoms with Crippen molar-refractivity contribution in [1.29, 1.82) is 0 Å². The number of carbonyl (C=O) groups is 1. The number of hydrogen-bond acceptors (Lipinski definition) is 2. The maximum Gasteiger partial charge on any atom is 0.253 e. The van der Waals surface area contributed by atoms with Crippen LogP contribution in [0.4, 0.5) is 0 Å². The highest BCUT2D eigenvalue weighted by Crippen LogP contribution is 2.24. The maximum atomic E-state index is 11.8. The van der Waals surface area contributed by atoms with E-state index < -0.39 is 0 Å². The summed E-state index contributed by atoms with van der Waals surface area (Å²) >= 11 is 1.73. The Morgan fingerprint density at radius 3 is 2.26 bits per heavy atom. The van der Waals surface area contributed by atoms with E-state index in [2.05, 4.69) is 30.5 Å². The fourth-order valence-corrected chi connectivity index (χ4v) is 2.33. The number of nitrogens with zero attached hydrogens (tertiary/aromatic N) is 1. The Kier molecular flexibility index (Phi) is 4.27. The topological polar surface area (TPSA) is 20.3 Å². The molecule has 1 amide bonds. The van der Waals surface area contributed by atoms with Crippen molar-refractivity contribution < 1.29 is 4.79 Å². The molecule has 2 rings (SSSR count). The van der Waals surface area contributed by atoms with Crippen LogP contribution in [0, 0.1) is 0 Å². The minimum Gasteiger partial charge on any atom is -0.345 e. The van der Waals surface area contributed by atoms with Crippen LogP contribution in [0.2, 0.25) is 0 Å². The summed E-state index contributed by atoms with van der Waals surface area (Å²) in [7, 11) is 3.52. The number of carbonyl (C=O) groups excluding carboxylic acids is 1. The molecule has 0 heterocycles. The van der Waals surface area contributed by atoms with E-state index in [9.17, 15) is 4.79 Å². The normalized spacial score (nSPS) is 10.3. The highest BCUT2D eigenvalue weighted by atomic mass is 32.2. The Morgan fingerprint density at radius 2 is 1.68 bits per heavy atom. The van der Waals surface area contributed by atoms with Crippen LogP contribution in [0.15, 0.2) is 53.4 Å². The molecular weight excluding hydrogens is 254 g/mol. The van der Waals surface area contributed by atoms with Gasteiger partial charge < -0.3 is 4.90 Å². The Labute approximate surface area is 118 Å². The van der Waals surface area contributed by atoms with Gasteiger partial charge in [-0.2, -0.15) is 0 Å². The summed E-state index contributed by atoms with van der Waals surface area (Å²) in [4.78, 5) is 14.6. The number of amides is 1. The predicted octanol–water partition coefficient (Wildman–Crippen LogP) is 3.78. The Balaban J connectivity index is 2.29. The monoisotopic (exact) mass is 271 g/mol. The summed E-state index contributed by atoms with van der Waals surface area (Å²) in [6.45, 7) is 0. The molecule has 0 saturated carbocycles. The molecule has 0 N–H and O–H groups in total. The lowest BCUT2D eigenvalue weighted by molar-refractivity contribution is 0.0827. The van der Waals surface area contributed by atoms with Crippen molar-refractivity contribution in [1.82, 2.24) is 4.90 Å². The van der Waals surface area contributed by atoms with E-state index in [1.807, 2.05) is 24.3 Å². The van der Waals surface area contributed by atoms with E-state index >= 15 is 0 Å². The zero-order valence-electron chi connectivity index (χ0n) is 11.4. The summed E-state index contributed by atoms with van der Waals surface area (Å²) < 4.78 is 0. The molecule has 0 aliphatic rings. The van der Waals surface area contributed by atoms with E-state index in [1.54, 1.807) is 30.8 Å². The van der Waals surface area contributed by atoms with Gasteiger partial charge in [-0.3, -0.25) is 4.79 Å². The van der Waals surface area contributed by atoms with Gasteiger partial charge in [0.15, 0.2) is 0 Å². The molecule has 0 unspecified atom stereocenters. The van der Waals surface area contributed by atoms with Gasteiger partial charge in [0.1, 0.15) is 0 Å². The molecule has 3 heteroatoms. The molecule has 19 heavy (non-hydrogen) atoms. The first-order chi connectivity index (χ1) is 9.11. The molecule has 0 aliphatic carbocycles. The van der Waals surface area contributed by atoms with Crippen LogP contribution in [0.1, 0.15) is 10.4 Å². The van der Waals surface area contributed by atoms with Crippen LogP contribution in [-0.2, 0) is 0 Å². The predicted molar refractivity (Wildman–Crippen MR) is 81.7 cm³/mol. The molecule has 98 valence electrons. The number of thioether (sulfide) groups is 1. The molecule has 0 saturated heterocycles. The minimum atomic E-state index is 0.0319. The third kappa shape index (κ3) is 3.18. The minimum absolute atomic E-state index is 0.0319. The largest absolute Gasteiger partial charge is 0.345 e. The molecule has 2 aromatic carbocycles.